The Labute approximate surface area is 95.2 Å². The van der Waals surface area contributed by atoms with Gasteiger partial charge in [-0.05, 0) is 32.4 Å². The first kappa shape index (κ1) is 13.8. The van der Waals surface area contributed by atoms with Crippen molar-refractivity contribution in [2.45, 2.75) is 44.8 Å². The summed E-state index contributed by atoms with van der Waals surface area (Å²) in [6.45, 7) is 4.76. The van der Waals surface area contributed by atoms with Crippen molar-refractivity contribution in [2.75, 3.05) is 26.2 Å². The number of rotatable bonds is 5. The Bertz CT molecular complexity index is 194. The highest BCUT2D eigenvalue weighted by Gasteiger charge is 2.29. The van der Waals surface area contributed by atoms with Crippen molar-refractivity contribution in [1.82, 2.24) is 10.2 Å². The first-order valence-corrected chi connectivity index (χ1v) is 6.04. The number of alkyl halides is 3. The lowest BCUT2D eigenvalue weighted by atomic mass is 10.1. The Hall–Kier alpha value is -0.290. The molecule has 0 radical (unpaired) electrons. The Morgan fingerprint density at radius 1 is 1.38 bits per heavy atom. The second-order valence-electron chi connectivity index (χ2n) is 4.46. The van der Waals surface area contributed by atoms with E-state index >= 15 is 0 Å². The van der Waals surface area contributed by atoms with E-state index in [4.69, 9.17) is 0 Å². The Kier molecular flexibility index (Phi) is 5.55. The number of nitrogens with zero attached hydrogens (tertiary/aromatic N) is 1. The zero-order valence-corrected chi connectivity index (χ0v) is 9.82. The van der Waals surface area contributed by atoms with Crippen LogP contribution in [0.5, 0.6) is 0 Å². The maximum absolute atomic E-state index is 12.1. The van der Waals surface area contributed by atoms with Gasteiger partial charge in [-0.1, -0.05) is 6.92 Å². The van der Waals surface area contributed by atoms with Crippen LogP contribution in [0.2, 0.25) is 0 Å². The van der Waals surface area contributed by atoms with Gasteiger partial charge in [-0.15, -0.1) is 0 Å². The number of halogens is 3. The summed E-state index contributed by atoms with van der Waals surface area (Å²) in [5.41, 5.74) is 0. The summed E-state index contributed by atoms with van der Waals surface area (Å²) in [6.07, 6.45) is -1.56. The molecular weight excluding hydrogens is 217 g/mol. The minimum atomic E-state index is -4.02. The van der Waals surface area contributed by atoms with Crippen LogP contribution >= 0.6 is 0 Å². The third kappa shape index (κ3) is 5.70. The van der Waals surface area contributed by atoms with E-state index in [1.807, 2.05) is 4.90 Å². The number of hydrogen-bond acceptors (Lipinski definition) is 2. The average Bonchev–Trinajstić information content (AvgIpc) is 2.23. The van der Waals surface area contributed by atoms with Gasteiger partial charge in [0.25, 0.3) is 0 Å². The van der Waals surface area contributed by atoms with E-state index in [9.17, 15) is 13.2 Å². The second kappa shape index (κ2) is 6.45. The molecule has 1 rings (SSSR count). The van der Waals surface area contributed by atoms with Crippen molar-refractivity contribution in [1.29, 1.82) is 0 Å². The number of nitrogens with one attached hydrogen (secondary N) is 1. The van der Waals surface area contributed by atoms with E-state index in [0.717, 1.165) is 38.9 Å². The van der Waals surface area contributed by atoms with Crippen LogP contribution in [-0.4, -0.2) is 43.3 Å². The first-order chi connectivity index (χ1) is 7.51. The smallest absolute Gasteiger partial charge is 0.313 e. The number of piperidine rings is 1. The molecule has 1 unspecified atom stereocenters. The quantitative estimate of drug-likeness (QED) is 0.791. The topological polar surface area (TPSA) is 15.3 Å². The molecule has 1 aliphatic heterocycles. The molecule has 0 aliphatic carbocycles. The van der Waals surface area contributed by atoms with Gasteiger partial charge in [0.2, 0.25) is 0 Å². The average molecular weight is 238 g/mol. The summed E-state index contributed by atoms with van der Waals surface area (Å²) in [4.78, 5) is 1.92. The van der Waals surface area contributed by atoms with Crippen LogP contribution in [0.25, 0.3) is 0 Å². The molecule has 0 aromatic carbocycles. The van der Waals surface area contributed by atoms with E-state index in [0.29, 0.717) is 6.04 Å². The second-order valence-corrected chi connectivity index (χ2v) is 4.46. The maximum atomic E-state index is 12.1. The summed E-state index contributed by atoms with van der Waals surface area (Å²) in [6, 6.07) is 0.377. The molecule has 1 aliphatic rings. The highest BCUT2D eigenvalue weighted by atomic mass is 19.4. The fourth-order valence-electron chi connectivity index (χ4n) is 2.06. The molecular formula is C11H21F3N2. The Balaban J connectivity index is 2.22. The fraction of sp³-hybridized carbons (Fsp3) is 1.00. The van der Waals surface area contributed by atoms with E-state index in [2.05, 4.69) is 12.2 Å². The number of hydrogen-bond donors (Lipinski definition) is 1. The van der Waals surface area contributed by atoms with Crippen molar-refractivity contribution in [3.05, 3.63) is 0 Å². The minimum Gasteiger partial charge on any atom is -0.313 e. The van der Waals surface area contributed by atoms with Crippen LogP contribution in [0.1, 0.15) is 32.6 Å². The molecule has 2 nitrogen and oxygen atoms in total. The molecule has 0 aromatic rings. The molecule has 96 valence electrons. The summed E-state index contributed by atoms with van der Waals surface area (Å²) in [5.74, 6) is 0. The van der Waals surface area contributed by atoms with Crippen molar-refractivity contribution >= 4 is 0 Å². The molecule has 1 heterocycles. The Morgan fingerprint density at radius 2 is 2.12 bits per heavy atom. The van der Waals surface area contributed by atoms with Gasteiger partial charge in [0.15, 0.2) is 0 Å². The summed E-state index contributed by atoms with van der Waals surface area (Å²) in [5, 5.41) is 3.38. The minimum absolute atomic E-state index is 0.147. The molecule has 0 spiro atoms. The van der Waals surface area contributed by atoms with Crippen LogP contribution in [0.3, 0.4) is 0 Å². The van der Waals surface area contributed by atoms with Crippen molar-refractivity contribution in [3.63, 3.8) is 0 Å². The number of likely N-dealkylation sites (tertiary alicyclic amines) is 1. The highest BCUT2D eigenvalue weighted by molar-refractivity contribution is 4.78. The zero-order chi connectivity index (χ0) is 12.0. The molecule has 16 heavy (non-hydrogen) atoms. The lowest BCUT2D eigenvalue weighted by Crippen LogP contribution is -2.46. The van der Waals surface area contributed by atoms with Gasteiger partial charge in [0, 0.05) is 19.1 Å². The van der Waals surface area contributed by atoms with E-state index in [-0.39, 0.29) is 6.54 Å². The van der Waals surface area contributed by atoms with Gasteiger partial charge >= 0.3 is 6.18 Å². The third-order valence-electron chi connectivity index (χ3n) is 2.90. The van der Waals surface area contributed by atoms with Crippen LogP contribution in [-0.2, 0) is 0 Å². The summed E-state index contributed by atoms with van der Waals surface area (Å²) < 4.78 is 36.2. The molecule has 1 fully saturated rings. The lowest BCUT2D eigenvalue weighted by Gasteiger charge is -2.33. The fourth-order valence-corrected chi connectivity index (χ4v) is 2.06. The van der Waals surface area contributed by atoms with Gasteiger partial charge in [0.05, 0.1) is 6.42 Å². The van der Waals surface area contributed by atoms with Gasteiger partial charge in [-0.2, -0.15) is 13.2 Å². The van der Waals surface area contributed by atoms with Gasteiger partial charge < -0.3 is 10.2 Å². The first-order valence-electron chi connectivity index (χ1n) is 6.04. The molecule has 0 saturated carbocycles. The van der Waals surface area contributed by atoms with E-state index in [1.165, 1.54) is 0 Å². The summed E-state index contributed by atoms with van der Waals surface area (Å²) in [7, 11) is 0. The van der Waals surface area contributed by atoms with Gasteiger partial charge in [-0.25, -0.2) is 0 Å². The van der Waals surface area contributed by atoms with Crippen LogP contribution in [0.4, 0.5) is 13.2 Å². The van der Waals surface area contributed by atoms with Crippen molar-refractivity contribution in [3.8, 4) is 0 Å². The molecule has 1 saturated heterocycles. The van der Waals surface area contributed by atoms with Gasteiger partial charge in [-0.3, -0.25) is 0 Å². The molecule has 0 bridgehead atoms. The monoisotopic (exact) mass is 238 g/mol. The predicted molar refractivity (Wildman–Crippen MR) is 58.4 cm³/mol. The SMILES string of the molecule is CCCNC1CCCN(CCC(F)(F)F)C1. The van der Waals surface area contributed by atoms with E-state index in [1.54, 1.807) is 0 Å². The summed E-state index contributed by atoms with van der Waals surface area (Å²) >= 11 is 0. The van der Waals surface area contributed by atoms with Crippen LogP contribution in [0.15, 0.2) is 0 Å². The zero-order valence-electron chi connectivity index (χ0n) is 9.82. The van der Waals surface area contributed by atoms with Crippen LogP contribution in [0, 0.1) is 0 Å². The lowest BCUT2D eigenvalue weighted by molar-refractivity contribution is -0.138. The molecule has 1 atom stereocenters. The highest BCUT2D eigenvalue weighted by Crippen LogP contribution is 2.21. The third-order valence-corrected chi connectivity index (χ3v) is 2.90. The molecule has 0 amide bonds. The molecule has 1 N–H and O–H groups in total. The standard InChI is InChI=1S/C11H21F3N2/c1-2-6-15-10-4-3-7-16(9-10)8-5-11(12,13)14/h10,15H,2-9H2,1H3. The van der Waals surface area contributed by atoms with E-state index < -0.39 is 12.6 Å². The van der Waals surface area contributed by atoms with Crippen LogP contribution < -0.4 is 5.32 Å². The Morgan fingerprint density at radius 3 is 2.75 bits per heavy atom. The maximum Gasteiger partial charge on any atom is 0.390 e. The van der Waals surface area contributed by atoms with Crippen molar-refractivity contribution in [2.24, 2.45) is 0 Å². The predicted octanol–water partition coefficient (Wildman–Crippen LogP) is 2.40. The largest absolute Gasteiger partial charge is 0.390 e. The normalized spacial score (nSPS) is 23.6. The molecule has 5 heteroatoms. The van der Waals surface area contributed by atoms with Gasteiger partial charge in [0.1, 0.15) is 0 Å². The molecule has 0 aromatic heterocycles. The van der Waals surface area contributed by atoms with Crippen molar-refractivity contribution < 1.29 is 13.2 Å².